The number of allylic oxidation sites excluding steroid dienone is 4. The van der Waals surface area contributed by atoms with Crippen LogP contribution < -0.4 is 0 Å². The Labute approximate surface area is 156 Å². The molecule has 0 heterocycles. The predicted octanol–water partition coefficient (Wildman–Crippen LogP) is 3.08. The lowest BCUT2D eigenvalue weighted by Crippen LogP contribution is -2.50. The van der Waals surface area contributed by atoms with Gasteiger partial charge in [0.25, 0.3) is 0 Å². The molecule has 0 aromatic carbocycles. The van der Waals surface area contributed by atoms with Crippen molar-refractivity contribution in [3.63, 3.8) is 0 Å². The van der Waals surface area contributed by atoms with Crippen LogP contribution in [0.1, 0.15) is 53.4 Å². The third-order valence-corrected chi connectivity index (χ3v) is 7.78. The number of aliphatic hydroxyl groups excluding tert-OH is 2. The van der Waals surface area contributed by atoms with Crippen LogP contribution >= 0.6 is 0 Å². The van der Waals surface area contributed by atoms with Crippen LogP contribution in [-0.4, -0.2) is 34.5 Å². The van der Waals surface area contributed by atoms with Crippen molar-refractivity contribution in [2.45, 2.75) is 59.5 Å². The minimum atomic E-state index is -0.520. The van der Waals surface area contributed by atoms with Gasteiger partial charge in [-0.3, -0.25) is 9.59 Å². The molecule has 7 atom stereocenters. The van der Waals surface area contributed by atoms with Gasteiger partial charge in [-0.25, -0.2) is 0 Å². The number of ketones is 2. The summed E-state index contributed by atoms with van der Waals surface area (Å²) in [5.41, 5.74) is 0.522. The topological polar surface area (TPSA) is 74.6 Å². The molecule has 4 heteroatoms. The average Bonchev–Trinajstić information content (AvgIpc) is 2.84. The van der Waals surface area contributed by atoms with Gasteiger partial charge in [0.2, 0.25) is 0 Å². The van der Waals surface area contributed by atoms with E-state index in [1.165, 1.54) is 0 Å². The van der Waals surface area contributed by atoms with E-state index in [0.717, 1.165) is 24.8 Å². The molecule has 0 saturated heterocycles. The summed E-state index contributed by atoms with van der Waals surface area (Å²) in [6, 6.07) is 0. The molecule has 3 rings (SSSR count). The van der Waals surface area contributed by atoms with Crippen molar-refractivity contribution in [2.24, 2.45) is 34.5 Å². The molecule has 3 aliphatic rings. The molecule has 7 unspecified atom stereocenters. The summed E-state index contributed by atoms with van der Waals surface area (Å²) in [6.07, 6.45) is 8.01. The lowest BCUT2D eigenvalue weighted by molar-refractivity contribution is -0.134. The van der Waals surface area contributed by atoms with Gasteiger partial charge in [0, 0.05) is 11.3 Å². The summed E-state index contributed by atoms with van der Waals surface area (Å²) in [4.78, 5) is 24.2. The quantitative estimate of drug-likeness (QED) is 0.808. The van der Waals surface area contributed by atoms with E-state index in [4.69, 9.17) is 0 Å². The Balaban J connectivity index is 1.92. The molecule has 0 spiro atoms. The second-order valence-electron chi connectivity index (χ2n) is 9.17. The predicted molar refractivity (Wildman–Crippen MR) is 100 cm³/mol. The minimum absolute atomic E-state index is 0.0255. The molecule has 2 fully saturated rings. The van der Waals surface area contributed by atoms with E-state index in [1.807, 2.05) is 6.08 Å². The van der Waals surface area contributed by atoms with Crippen LogP contribution in [0.3, 0.4) is 0 Å². The van der Waals surface area contributed by atoms with Gasteiger partial charge >= 0.3 is 0 Å². The Bertz CT molecular complexity index is 663. The SMILES string of the molecule is CCC1=CC(=O)C=CC1(C)C1CC2CC(C)C(C(=O)CO)C2(C)CC1O. The molecule has 0 aliphatic heterocycles. The first-order valence-electron chi connectivity index (χ1n) is 9.93. The van der Waals surface area contributed by atoms with E-state index in [1.54, 1.807) is 12.2 Å². The first-order valence-corrected chi connectivity index (χ1v) is 9.93. The van der Waals surface area contributed by atoms with Crippen LogP contribution in [0, 0.1) is 34.5 Å². The fraction of sp³-hybridized carbons (Fsp3) is 0.727. The number of aliphatic hydroxyl groups is 2. The third kappa shape index (κ3) is 2.82. The summed E-state index contributed by atoms with van der Waals surface area (Å²) in [6.45, 7) is 8.00. The van der Waals surface area contributed by atoms with Gasteiger partial charge in [-0.1, -0.05) is 39.3 Å². The maximum absolute atomic E-state index is 12.4. The first-order chi connectivity index (χ1) is 12.2. The largest absolute Gasteiger partial charge is 0.393 e. The van der Waals surface area contributed by atoms with Gasteiger partial charge in [-0.2, -0.15) is 0 Å². The zero-order chi connectivity index (χ0) is 19.3. The smallest absolute Gasteiger partial charge is 0.178 e. The highest BCUT2D eigenvalue weighted by Crippen LogP contribution is 2.62. The fourth-order valence-electron chi connectivity index (χ4n) is 6.48. The Morgan fingerprint density at radius 3 is 2.62 bits per heavy atom. The van der Waals surface area contributed by atoms with Crippen molar-refractivity contribution in [1.29, 1.82) is 0 Å². The van der Waals surface area contributed by atoms with Gasteiger partial charge in [0.05, 0.1) is 6.10 Å². The van der Waals surface area contributed by atoms with Crippen molar-refractivity contribution in [1.82, 2.24) is 0 Å². The monoisotopic (exact) mass is 360 g/mol. The van der Waals surface area contributed by atoms with Crippen molar-refractivity contribution in [2.75, 3.05) is 6.61 Å². The Kier molecular flexibility index (Phi) is 5.04. The van der Waals surface area contributed by atoms with E-state index < -0.39 is 12.7 Å². The number of hydrogen-bond acceptors (Lipinski definition) is 4. The Morgan fingerprint density at radius 2 is 2.00 bits per heavy atom. The number of fused-ring (bicyclic) bond motifs is 1. The number of carbonyl (C=O) groups is 2. The molecule has 2 saturated carbocycles. The number of hydrogen-bond donors (Lipinski definition) is 2. The van der Waals surface area contributed by atoms with Gasteiger partial charge in [0.1, 0.15) is 6.61 Å². The molecule has 0 aromatic heterocycles. The van der Waals surface area contributed by atoms with Crippen molar-refractivity contribution in [3.05, 3.63) is 23.8 Å². The van der Waals surface area contributed by atoms with Crippen LogP contribution in [0.15, 0.2) is 23.8 Å². The molecule has 2 N–H and O–H groups in total. The highest BCUT2D eigenvalue weighted by molar-refractivity contribution is 6.01. The Hall–Kier alpha value is -1.26. The zero-order valence-electron chi connectivity index (χ0n) is 16.4. The van der Waals surface area contributed by atoms with Crippen LogP contribution in [0.25, 0.3) is 0 Å². The summed E-state index contributed by atoms with van der Waals surface area (Å²) in [7, 11) is 0. The zero-order valence-corrected chi connectivity index (χ0v) is 16.4. The van der Waals surface area contributed by atoms with Crippen LogP contribution in [0.5, 0.6) is 0 Å². The fourth-order valence-corrected chi connectivity index (χ4v) is 6.48. The maximum atomic E-state index is 12.4. The van der Waals surface area contributed by atoms with E-state index in [0.29, 0.717) is 12.3 Å². The summed E-state index contributed by atoms with van der Waals surface area (Å²) in [5.74, 6) is 0.395. The molecule has 26 heavy (non-hydrogen) atoms. The second-order valence-corrected chi connectivity index (χ2v) is 9.17. The van der Waals surface area contributed by atoms with Gasteiger partial charge in [-0.05, 0) is 61.0 Å². The van der Waals surface area contributed by atoms with E-state index in [9.17, 15) is 19.8 Å². The third-order valence-electron chi connectivity index (χ3n) is 7.78. The van der Waals surface area contributed by atoms with Gasteiger partial charge in [-0.15, -0.1) is 0 Å². The van der Waals surface area contributed by atoms with Crippen molar-refractivity contribution >= 4 is 11.6 Å². The minimum Gasteiger partial charge on any atom is -0.393 e. The highest BCUT2D eigenvalue weighted by Gasteiger charge is 2.59. The van der Waals surface area contributed by atoms with E-state index >= 15 is 0 Å². The van der Waals surface area contributed by atoms with Crippen molar-refractivity contribution in [3.8, 4) is 0 Å². The van der Waals surface area contributed by atoms with E-state index in [2.05, 4.69) is 27.7 Å². The average molecular weight is 360 g/mol. The highest BCUT2D eigenvalue weighted by atomic mass is 16.3. The lowest BCUT2D eigenvalue weighted by Gasteiger charge is -2.51. The molecular weight excluding hydrogens is 328 g/mol. The molecular formula is C22H32O4. The Morgan fingerprint density at radius 1 is 1.31 bits per heavy atom. The molecule has 3 aliphatic carbocycles. The standard InChI is InChI=1S/C22H32O4/c1-5-14-9-16(24)6-7-21(14,3)17-10-15-8-13(2)20(19(26)12-23)22(15,4)11-18(17)25/h6-7,9,13,15,17-18,20,23,25H,5,8,10-12H2,1-4H3. The summed E-state index contributed by atoms with van der Waals surface area (Å²) in [5, 5.41) is 20.5. The summed E-state index contributed by atoms with van der Waals surface area (Å²) < 4.78 is 0. The number of Topliss-reactive ketones (excluding diaryl/α,β-unsaturated/α-hetero) is 1. The molecule has 0 amide bonds. The molecule has 144 valence electrons. The first kappa shape index (κ1) is 19.5. The van der Waals surface area contributed by atoms with Crippen LogP contribution in [-0.2, 0) is 9.59 Å². The lowest BCUT2D eigenvalue weighted by atomic mass is 9.54. The van der Waals surface area contributed by atoms with E-state index in [-0.39, 0.29) is 40.2 Å². The van der Waals surface area contributed by atoms with Crippen molar-refractivity contribution < 1.29 is 19.8 Å². The van der Waals surface area contributed by atoms with Gasteiger partial charge < -0.3 is 10.2 Å². The molecule has 0 bridgehead atoms. The summed E-state index contributed by atoms with van der Waals surface area (Å²) >= 11 is 0. The molecule has 0 radical (unpaired) electrons. The normalized spacial score (nSPS) is 45.4. The van der Waals surface area contributed by atoms with Crippen LogP contribution in [0.2, 0.25) is 0 Å². The molecule has 0 aromatic rings. The van der Waals surface area contributed by atoms with Gasteiger partial charge in [0.15, 0.2) is 11.6 Å². The number of carbonyl (C=O) groups excluding carboxylic acids is 2. The number of rotatable bonds is 4. The molecule has 4 nitrogen and oxygen atoms in total. The van der Waals surface area contributed by atoms with Crippen LogP contribution in [0.4, 0.5) is 0 Å². The maximum Gasteiger partial charge on any atom is 0.178 e. The second kappa shape index (κ2) is 6.72.